The Kier molecular flexibility index (Phi) is 4.49. The van der Waals surface area contributed by atoms with E-state index in [9.17, 15) is 9.90 Å². The Morgan fingerprint density at radius 1 is 1.08 bits per heavy atom. The van der Waals surface area contributed by atoms with Crippen LogP contribution in [0.3, 0.4) is 0 Å². The number of carboxylic acids is 1. The van der Waals surface area contributed by atoms with Crippen molar-refractivity contribution in [2.24, 2.45) is 0 Å². The molecular formula is C20H13Cl2NO2S. The highest BCUT2D eigenvalue weighted by atomic mass is 35.5. The van der Waals surface area contributed by atoms with Crippen LogP contribution in [0.15, 0.2) is 59.3 Å². The molecule has 0 saturated carbocycles. The van der Waals surface area contributed by atoms with Gasteiger partial charge in [-0.05, 0) is 57.8 Å². The zero-order valence-corrected chi connectivity index (χ0v) is 15.8. The average Bonchev–Trinajstić information content (AvgIpc) is 3.26. The van der Waals surface area contributed by atoms with E-state index in [1.54, 1.807) is 34.1 Å². The van der Waals surface area contributed by atoms with Crippen molar-refractivity contribution >= 4 is 51.4 Å². The lowest BCUT2D eigenvalue weighted by Crippen LogP contribution is -2.09. The number of aromatic carboxylic acids is 1. The fourth-order valence-corrected chi connectivity index (χ4v) is 4.10. The van der Waals surface area contributed by atoms with Gasteiger partial charge in [-0.3, -0.25) is 0 Å². The number of aromatic nitrogens is 1. The van der Waals surface area contributed by atoms with Crippen molar-refractivity contribution in [2.45, 2.75) is 6.54 Å². The topological polar surface area (TPSA) is 42.2 Å². The van der Waals surface area contributed by atoms with Crippen molar-refractivity contribution in [3.05, 3.63) is 80.6 Å². The number of benzene rings is 2. The van der Waals surface area contributed by atoms with E-state index in [-0.39, 0.29) is 5.69 Å². The molecule has 3 nitrogen and oxygen atoms in total. The first kappa shape index (κ1) is 17.2. The fourth-order valence-electron chi connectivity index (χ4n) is 3.12. The molecule has 26 heavy (non-hydrogen) atoms. The summed E-state index contributed by atoms with van der Waals surface area (Å²) < 4.78 is 1.80. The Labute approximate surface area is 164 Å². The van der Waals surface area contributed by atoms with Gasteiger partial charge in [-0.1, -0.05) is 41.4 Å². The van der Waals surface area contributed by atoms with Crippen LogP contribution in [0.2, 0.25) is 10.0 Å². The van der Waals surface area contributed by atoms with E-state index < -0.39 is 5.97 Å². The second kappa shape index (κ2) is 6.80. The SMILES string of the molecule is O=C(O)c1cc2c(-c3ccsc3)cccc2n1Cc1ccc(Cl)c(Cl)c1. The minimum Gasteiger partial charge on any atom is -0.477 e. The number of rotatable bonds is 4. The van der Waals surface area contributed by atoms with Crippen molar-refractivity contribution in [2.75, 3.05) is 0 Å². The minimum atomic E-state index is -0.961. The third-order valence-corrected chi connectivity index (χ3v) is 5.74. The maximum Gasteiger partial charge on any atom is 0.352 e. The highest BCUT2D eigenvalue weighted by molar-refractivity contribution is 7.08. The van der Waals surface area contributed by atoms with Gasteiger partial charge >= 0.3 is 5.97 Å². The molecule has 4 rings (SSSR count). The minimum absolute atomic E-state index is 0.244. The van der Waals surface area contributed by atoms with Crippen LogP contribution in [0.5, 0.6) is 0 Å². The normalized spacial score (nSPS) is 11.2. The molecule has 1 N–H and O–H groups in total. The molecule has 6 heteroatoms. The lowest BCUT2D eigenvalue weighted by Gasteiger charge is -2.10. The average molecular weight is 402 g/mol. The summed E-state index contributed by atoms with van der Waals surface area (Å²) in [5.74, 6) is -0.961. The number of hydrogen-bond donors (Lipinski definition) is 1. The van der Waals surface area contributed by atoms with Crippen LogP contribution in [-0.4, -0.2) is 15.6 Å². The molecule has 0 unspecified atom stereocenters. The van der Waals surface area contributed by atoms with E-state index in [4.69, 9.17) is 23.2 Å². The molecule has 0 saturated heterocycles. The third-order valence-electron chi connectivity index (χ3n) is 4.32. The maximum atomic E-state index is 11.8. The van der Waals surface area contributed by atoms with Crippen LogP contribution >= 0.6 is 34.5 Å². The van der Waals surface area contributed by atoms with Gasteiger partial charge in [0.1, 0.15) is 5.69 Å². The monoisotopic (exact) mass is 401 g/mol. The molecule has 2 aromatic carbocycles. The summed E-state index contributed by atoms with van der Waals surface area (Å²) in [6.45, 7) is 0.398. The Hall–Kier alpha value is -2.27. The summed E-state index contributed by atoms with van der Waals surface area (Å²) in [6.07, 6.45) is 0. The van der Waals surface area contributed by atoms with Gasteiger partial charge in [0.15, 0.2) is 0 Å². The van der Waals surface area contributed by atoms with E-state index in [1.807, 2.05) is 35.7 Å². The summed E-state index contributed by atoms with van der Waals surface area (Å²) in [5, 5.41) is 15.6. The Morgan fingerprint density at radius 3 is 2.62 bits per heavy atom. The second-order valence-corrected chi connectivity index (χ2v) is 7.51. The molecule has 0 fully saturated rings. The first-order valence-corrected chi connectivity index (χ1v) is 9.56. The number of carboxylic acid groups (broad SMARTS) is 1. The first-order chi connectivity index (χ1) is 12.5. The molecular weight excluding hydrogens is 389 g/mol. The molecule has 0 amide bonds. The molecule has 0 aliphatic heterocycles. The van der Waals surface area contributed by atoms with E-state index in [2.05, 4.69) is 5.38 Å². The summed E-state index contributed by atoms with van der Waals surface area (Å²) in [7, 11) is 0. The quantitative estimate of drug-likeness (QED) is 0.428. The zero-order valence-electron chi connectivity index (χ0n) is 13.4. The van der Waals surface area contributed by atoms with Gasteiger partial charge in [0, 0.05) is 17.4 Å². The van der Waals surface area contributed by atoms with Gasteiger partial charge in [0.05, 0.1) is 10.0 Å². The van der Waals surface area contributed by atoms with E-state index in [0.717, 1.165) is 27.6 Å². The molecule has 0 atom stereocenters. The van der Waals surface area contributed by atoms with Crippen LogP contribution in [0, 0.1) is 0 Å². The van der Waals surface area contributed by atoms with Crippen LogP contribution in [0.4, 0.5) is 0 Å². The highest BCUT2D eigenvalue weighted by Gasteiger charge is 2.17. The predicted octanol–water partition coefficient (Wildman–Crippen LogP) is 6.42. The molecule has 0 bridgehead atoms. The summed E-state index contributed by atoms with van der Waals surface area (Å²) in [4.78, 5) is 11.8. The highest BCUT2D eigenvalue weighted by Crippen LogP contribution is 2.33. The zero-order chi connectivity index (χ0) is 18.3. The van der Waals surface area contributed by atoms with Crippen molar-refractivity contribution in [3.63, 3.8) is 0 Å². The lowest BCUT2D eigenvalue weighted by atomic mass is 10.0. The van der Waals surface area contributed by atoms with Crippen molar-refractivity contribution < 1.29 is 9.90 Å². The molecule has 2 heterocycles. The number of thiophene rings is 1. The fraction of sp³-hybridized carbons (Fsp3) is 0.0500. The number of nitrogens with zero attached hydrogens (tertiary/aromatic N) is 1. The Bertz CT molecular complexity index is 1120. The number of fused-ring (bicyclic) bond motifs is 1. The van der Waals surface area contributed by atoms with Crippen molar-refractivity contribution in [1.29, 1.82) is 0 Å². The molecule has 130 valence electrons. The van der Waals surface area contributed by atoms with Crippen LogP contribution in [0.1, 0.15) is 16.1 Å². The summed E-state index contributed by atoms with van der Waals surface area (Å²) in [6, 6.07) is 15.0. The van der Waals surface area contributed by atoms with Gasteiger partial charge in [-0.25, -0.2) is 4.79 Å². The van der Waals surface area contributed by atoms with Crippen LogP contribution in [0.25, 0.3) is 22.0 Å². The number of carbonyl (C=O) groups is 1. The molecule has 0 aliphatic carbocycles. The van der Waals surface area contributed by atoms with E-state index >= 15 is 0 Å². The molecule has 0 spiro atoms. The van der Waals surface area contributed by atoms with Gasteiger partial charge in [-0.15, -0.1) is 0 Å². The van der Waals surface area contributed by atoms with Gasteiger partial charge in [-0.2, -0.15) is 11.3 Å². The van der Waals surface area contributed by atoms with E-state index in [1.165, 1.54) is 0 Å². The van der Waals surface area contributed by atoms with Crippen LogP contribution in [-0.2, 0) is 6.54 Å². The third kappa shape index (κ3) is 3.01. The largest absolute Gasteiger partial charge is 0.477 e. The predicted molar refractivity (Wildman–Crippen MR) is 108 cm³/mol. The summed E-state index contributed by atoms with van der Waals surface area (Å²) >= 11 is 13.7. The van der Waals surface area contributed by atoms with Crippen molar-refractivity contribution in [1.82, 2.24) is 4.57 Å². The van der Waals surface area contributed by atoms with Gasteiger partial charge < -0.3 is 9.67 Å². The van der Waals surface area contributed by atoms with Gasteiger partial charge in [0.2, 0.25) is 0 Å². The lowest BCUT2D eigenvalue weighted by molar-refractivity contribution is 0.0686. The number of halogens is 2. The van der Waals surface area contributed by atoms with Gasteiger partial charge in [0.25, 0.3) is 0 Å². The standard InChI is InChI=1S/C20H13Cl2NO2S/c21-16-5-4-12(8-17(16)22)10-23-18-3-1-2-14(13-6-7-26-11-13)15(18)9-19(23)20(24)25/h1-9,11H,10H2,(H,24,25). The van der Waals surface area contributed by atoms with E-state index in [0.29, 0.717) is 16.6 Å². The van der Waals surface area contributed by atoms with Crippen LogP contribution < -0.4 is 0 Å². The second-order valence-electron chi connectivity index (χ2n) is 5.92. The van der Waals surface area contributed by atoms with Crippen molar-refractivity contribution in [3.8, 4) is 11.1 Å². The maximum absolute atomic E-state index is 11.8. The Balaban J connectivity index is 1.90. The molecule has 0 aliphatic rings. The Morgan fingerprint density at radius 2 is 1.92 bits per heavy atom. The molecule has 2 aromatic heterocycles. The molecule has 4 aromatic rings. The smallest absolute Gasteiger partial charge is 0.352 e. The number of hydrogen-bond acceptors (Lipinski definition) is 2. The first-order valence-electron chi connectivity index (χ1n) is 7.86. The molecule has 0 radical (unpaired) electrons. The summed E-state index contributed by atoms with van der Waals surface area (Å²) in [5.41, 5.74) is 4.12.